The van der Waals surface area contributed by atoms with Gasteiger partial charge in [0.1, 0.15) is 5.82 Å². The van der Waals surface area contributed by atoms with Gasteiger partial charge < -0.3 is 10.2 Å². The third kappa shape index (κ3) is 5.43. The van der Waals surface area contributed by atoms with Crippen molar-refractivity contribution < 1.29 is 14.0 Å². The van der Waals surface area contributed by atoms with Crippen LogP contribution < -0.4 is 5.32 Å². The molecule has 2 aromatic rings. The van der Waals surface area contributed by atoms with Gasteiger partial charge in [0.15, 0.2) is 0 Å². The Balaban J connectivity index is 1.31. The number of hydrogen-bond donors (Lipinski definition) is 1. The molecule has 1 spiro atoms. The molecule has 0 aromatic heterocycles. The number of halogens is 1. The van der Waals surface area contributed by atoms with Gasteiger partial charge in [0.25, 0.3) is 0 Å². The lowest BCUT2D eigenvalue weighted by molar-refractivity contribution is -0.144. The molecule has 0 aliphatic carbocycles. The van der Waals surface area contributed by atoms with Crippen molar-refractivity contribution in [2.75, 3.05) is 38.0 Å². The smallest absolute Gasteiger partial charge is 0.238 e. The molecule has 2 aliphatic rings. The topological polar surface area (TPSA) is 52.7 Å². The van der Waals surface area contributed by atoms with E-state index in [0.717, 1.165) is 32.2 Å². The summed E-state index contributed by atoms with van der Waals surface area (Å²) in [5, 5.41) is 2.81. The molecule has 4 rings (SSSR count). The van der Waals surface area contributed by atoms with Gasteiger partial charge in [-0.1, -0.05) is 42.5 Å². The number of likely N-dealkylation sites (tertiary alicyclic amines) is 1. The molecule has 1 saturated heterocycles. The van der Waals surface area contributed by atoms with E-state index in [2.05, 4.69) is 34.5 Å². The highest BCUT2D eigenvalue weighted by Gasteiger charge is 2.43. The van der Waals surface area contributed by atoms with Crippen LogP contribution >= 0.6 is 0 Å². The summed E-state index contributed by atoms with van der Waals surface area (Å²) in [5.74, 6) is -0.206. The van der Waals surface area contributed by atoms with Gasteiger partial charge in [0, 0.05) is 18.8 Å². The van der Waals surface area contributed by atoms with Gasteiger partial charge in [0.2, 0.25) is 11.8 Å². The van der Waals surface area contributed by atoms with E-state index in [1.54, 1.807) is 12.1 Å². The van der Waals surface area contributed by atoms with Crippen molar-refractivity contribution in [1.29, 1.82) is 0 Å². The standard InChI is InChI=1S/C26H30FN3O2/c27-22-8-10-23(11-9-22)28-24(31)20-29-18-14-26(15-19-29)13-4-5-16-30(25(26)32)17-12-21-6-2-1-3-7-21/h1-11H,12-20H2,(H,28,31). The van der Waals surface area contributed by atoms with E-state index in [1.165, 1.54) is 17.7 Å². The number of carbonyl (C=O) groups excluding carboxylic acids is 2. The monoisotopic (exact) mass is 435 g/mol. The van der Waals surface area contributed by atoms with Gasteiger partial charge in [0.05, 0.1) is 12.0 Å². The first kappa shape index (κ1) is 22.2. The molecule has 2 heterocycles. The number of rotatable bonds is 6. The lowest BCUT2D eigenvalue weighted by atomic mass is 9.74. The van der Waals surface area contributed by atoms with Gasteiger partial charge in [-0.25, -0.2) is 4.39 Å². The molecular weight excluding hydrogens is 405 g/mol. The fourth-order valence-electron chi connectivity index (χ4n) is 4.61. The number of piperidine rings is 1. The van der Waals surface area contributed by atoms with Crippen LogP contribution in [0.5, 0.6) is 0 Å². The second-order valence-electron chi connectivity index (χ2n) is 8.77. The minimum Gasteiger partial charge on any atom is -0.338 e. The van der Waals surface area contributed by atoms with E-state index in [-0.39, 0.29) is 29.6 Å². The summed E-state index contributed by atoms with van der Waals surface area (Å²) in [5.41, 5.74) is 1.46. The molecule has 2 aromatic carbocycles. The zero-order valence-corrected chi connectivity index (χ0v) is 18.3. The summed E-state index contributed by atoms with van der Waals surface area (Å²) in [6, 6.07) is 16.0. The molecule has 2 amide bonds. The maximum Gasteiger partial charge on any atom is 0.238 e. The second-order valence-corrected chi connectivity index (χ2v) is 8.77. The summed E-state index contributed by atoms with van der Waals surface area (Å²) in [4.78, 5) is 30.0. The Morgan fingerprint density at radius 3 is 2.44 bits per heavy atom. The molecule has 2 aliphatic heterocycles. The van der Waals surface area contributed by atoms with Crippen LogP contribution in [0.1, 0.15) is 24.8 Å². The zero-order chi connectivity index (χ0) is 22.4. The highest BCUT2D eigenvalue weighted by molar-refractivity contribution is 5.92. The van der Waals surface area contributed by atoms with Crippen molar-refractivity contribution in [3.63, 3.8) is 0 Å². The van der Waals surface area contributed by atoms with Crippen LogP contribution in [-0.4, -0.2) is 54.3 Å². The number of allylic oxidation sites excluding steroid dienone is 1. The fraction of sp³-hybridized carbons (Fsp3) is 0.385. The molecule has 0 radical (unpaired) electrons. The third-order valence-electron chi connectivity index (χ3n) is 6.56. The van der Waals surface area contributed by atoms with E-state index in [1.807, 2.05) is 23.1 Å². The van der Waals surface area contributed by atoms with Crippen LogP contribution in [0.2, 0.25) is 0 Å². The quantitative estimate of drug-likeness (QED) is 0.701. The number of nitrogens with zero attached hydrogens (tertiary/aromatic N) is 2. The van der Waals surface area contributed by atoms with Crippen LogP contribution in [0.15, 0.2) is 66.7 Å². The van der Waals surface area contributed by atoms with Crippen LogP contribution in [0.4, 0.5) is 10.1 Å². The lowest BCUT2D eigenvalue weighted by Gasteiger charge is -2.41. The van der Waals surface area contributed by atoms with E-state index >= 15 is 0 Å². The first-order chi connectivity index (χ1) is 15.5. The number of nitrogens with one attached hydrogen (secondary N) is 1. The summed E-state index contributed by atoms with van der Waals surface area (Å²) in [6.45, 7) is 3.08. The normalized spacial score (nSPS) is 18.5. The average molecular weight is 436 g/mol. The maximum atomic E-state index is 13.5. The second kappa shape index (κ2) is 10.1. The average Bonchev–Trinajstić information content (AvgIpc) is 2.95. The molecule has 0 atom stereocenters. The Bertz CT molecular complexity index is 951. The fourth-order valence-corrected chi connectivity index (χ4v) is 4.61. The van der Waals surface area contributed by atoms with Crippen molar-refractivity contribution in [2.45, 2.75) is 25.7 Å². The highest BCUT2D eigenvalue weighted by atomic mass is 19.1. The van der Waals surface area contributed by atoms with Crippen molar-refractivity contribution in [3.8, 4) is 0 Å². The van der Waals surface area contributed by atoms with E-state index in [0.29, 0.717) is 25.3 Å². The first-order valence-electron chi connectivity index (χ1n) is 11.3. The van der Waals surface area contributed by atoms with Gasteiger partial charge in [-0.05, 0) is 68.6 Å². The minimum absolute atomic E-state index is 0.121. The van der Waals surface area contributed by atoms with Gasteiger partial charge in [-0.2, -0.15) is 0 Å². The maximum absolute atomic E-state index is 13.5. The van der Waals surface area contributed by atoms with Crippen molar-refractivity contribution >= 4 is 17.5 Å². The summed E-state index contributed by atoms with van der Waals surface area (Å²) >= 11 is 0. The van der Waals surface area contributed by atoms with Crippen molar-refractivity contribution in [3.05, 3.63) is 78.1 Å². The largest absolute Gasteiger partial charge is 0.338 e. The molecule has 1 fully saturated rings. The van der Waals surface area contributed by atoms with Crippen molar-refractivity contribution in [1.82, 2.24) is 9.80 Å². The van der Waals surface area contributed by atoms with E-state index < -0.39 is 0 Å². The predicted octanol–water partition coefficient (Wildman–Crippen LogP) is 3.88. The summed E-state index contributed by atoms with van der Waals surface area (Å²) in [7, 11) is 0. The first-order valence-corrected chi connectivity index (χ1v) is 11.3. The molecule has 0 saturated carbocycles. The van der Waals surface area contributed by atoms with E-state index in [9.17, 15) is 14.0 Å². The van der Waals surface area contributed by atoms with Crippen molar-refractivity contribution in [2.24, 2.45) is 5.41 Å². The Kier molecular flexibility index (Phi) is 7.00. The lowest BCUT2D eigenvalue weighted by Crippen LogP contribution is -2.51. The predicted molar refractivity (Wildman–Crippen MR) is 124 cm³/mol. The van der Waals surface area contributed by atoms with Crippen LogP contribution in [0, 0.1) is 11.2 Å². The number of anilines is 1. The molecule has 168 valence electrons. The van der Waals surface area contributed by atoms with Gasteiger partial charge in [-0.15, -0.1) is 0 Å². The van der Waals surface area contributed by atoms with Crippen LogP contribution in [0.3, 0.4) is 0 Å². The highest BCUT2D eigenvalue weighted by Crippen LogP contribution is 2.38. The zero-order valence-electron chi connectivity index (χ0n) is 18.3. The van der Waals surface area contributed by atoms with Crippen LogP contribution in [0.25, 0.3) is 0 Å². The van der Waals surface area contributed by atoms with Gasteiger partial charge >= 0.3 is 0 Å². The molecule has 5 nitrogen and oxygen atoms in total. The molecule has 6 heteroatoms. The number of amides is 2. The number of carbonyl (C=O) groups is 2. The SMILES string of the molecule is O=C(CN1CCC2(CC=CCN(CCc3ccccc3)C2=O)CC1)Nc1ccc(F)cc1. The van der Waals surface area contributed by atoms with Gasteiger partial charge in [-0.3, -0.25) is 14.5 Å². The Hall–Kier alpha value is -2.99. The molecule has 0 unspecified atom stereocenters. The third-order valence-corrected chi connectivity index (χ3v) is 6.56. The summed E-state index contributed by atoms with van der Waals surface area (Å²) < 4.78 is 13.0. The number of benzene rings is 2. The number of hydrogen-bond acceptors (Lipinski definition) is 3. The Labute approximate surface area is 188 Å². The Morgan fingerprint density at radius 1 is 1.00 bits per heavy atom. The molecule has 1 N–H and O–H groups in total. The van der Waals surface area contributed by atoms with Crippen LogP contribution in [-0.2, 0) is 16.0 Å². The van der Waals surface area contributed by atoms with E-state index in [4.69, 9.17) is 0 Å². The molecular formula is C26H30FN3O2. The molecule has 0 bridgehead atoms. The minimum atomic E-state index is -0.367. The summed E-state index contributed by atoms with van der Waals surface area (Å²) in [6.07, 6.45) is 7.39. The molecule has 32 heavy (non-hydrogen) atoms. The Morgan fingerprint density at radius 2 is 1.72 bits per heavy atom.